The van der Waals surface area contributed by atoms with Crippen LogP contribution in [0.3, 0.4) is 0 Å². The molecule has 5 rings (SSSR count). The van der Waals surface area contributed by atoms with Crippen LogP contribution < -0.4 is 5.32 Å². The van der Waals surface area contributed by atoms with E-state index in [1.54, 1.807) is 17.1 Å². The van der Waals surface area contributed by atoms with E-state index in [1.807, 2.05) is 24.4 Å². The molecule has 2 aromatic heterocycles. The zero-order valence-electron chi connectivity index (χ0n) is 20.7. The average molecular weight is 476 g/mol. The van der Waals surface area contributed by atoms with Gasteiger partial charge in [-0.15, -0.1) is 0 Å². The van der Waals surface area contributed by atoms with Crippen LogP contribution in [-0.2, 0) is 0 Å². The van der Waals surface area contributed by atoms with Gasteiger partial charge in [-0.2, -0.15) is 5.10 Å². The molecule has 186 valence electrons. The van der Waals surface area contributed by atoms with E-state index >= 15 is 0 Å². The first-order valence-corrected chi connectivity index (χ1v) is 12.9. The molecule has 0 aromatic carbocycles. The predicted octanol–water partition coefficient (Wildman–Crippen LogP) is 2.56. The van der Waals surface area contributed by atoms with Crippen LogP contribution in [0.4, 0.5) is 0 Å². The Kier molecular flexibility index (Phi) is 7.59. The number of nitrogens with zero attached hydrogens (tertiary/aromatic N) is 6. The monoisotopic (exact) mass is 475 g/mol. The topological polar surface area (TPSA) is 69.5 Å². The van der Waals surface area contributed by atoms with Gasteiger partial charge >= 0.3 is 0 Å². The Morgan fingerprint density at radius 2 is 1.94 bits per heavy atom. The van der Waals surface area contributed by atoms with Crippen molar-refractivity contribution >= 4 is 5.91 Å². The standard InChI is InChI=1S/C27H37N7O/c1-31-13-9-22(10-14-31)20-32-15-17-33(18-16-32)21-24-5-2-3-6-25(24)30-27(35)23-7-8-26(28-19-23)34-12-4-11-29-34/h4,7-13,19,24-25H,2-3,5-6,14-18,20-21H2,1H3,(H,30,35)/t24-,25?/m0/s1. The van der Waals surface area contributed by atoms with Gasteiger partial charge in [0.2, 0.25) is 0 Å². The Bertz CT molecular complexity index is 1020. The molecule has 0 radical (unpaired) electrons. The number of likely N-dealkylation sites (N-methyl/N-ethyl adjacent to an activating group) is 1. The Morgan fingerprint density at radius 1 is 1.11 bits per heavy atom. The van der Waals surface area contributed by atoms with Gasteiger partial charge in [0, 0.05) is 77.5 Å². The van der Waals surface area contributed by atoms with Crippen molar-refractivity contribution in [3.63, 3.8) is 0 Å². The summed E-state index contributed by atoms with van der Waals surface area (Å²) in [6, 6.07) is 5.77. The second-order valence-electron chi connectivity index (χ2n) is 10.1. The Balaban J connectivity index is 1.11. The molecular weight excluding hydrogens is 438 g/mol. The molecule has 0 bridgehead atoms. The average Bonchev–Trinajstić information content (AvgIpc) is 3.43. The van der Waals surface area contributed by atoms with Gasteiger partial charge in [-0.05, 0) is 54.8 Å². The van der Waals surface area contributed by atoms with Gasteiger partial charge < -0.3 is 15.1 Å². The number of piperazine rings is 1. The third-order valence-corrected chi connectivity index (χ3v) is 7.52. The lowest BCUT2D eigenvalue weighted by atomic mass is 9.83. The molecule has 2 aliphatic heterocycles. The SMILES string of the molecule is CN1C=CC(CN2CCN(C[C@@H]3CCCCC3NC(=O)c3ccc(-n4cccn4)nc3)CC2)=CC1. The third kappa shape index (κ3) is 6.18. The summed E-state index contributed by atoms with van der Waals surface area (Å²) >= 11 is 0. The largest absolute Gasteiger partial charge is 0.377 e. The molecule has 2 atom stereocenters. The second-order valence-corrected chi connectivity index (χ2v) is 10.1. The normalized spacial score (nSPS) is 23.8. The second kappa shape index (κ2) is 11.2. The highest BCUT2D eigenvalue weighted by Crippen LogP contribution is 2.26. The highest BCUT2D eigenvalue weighted by molar-refractivity contribution is 5.94. The van der Waals surface area contributed by atoms with E-state index in [1.165, 1.54) is 24.8 Å². The molecule has 35 heavy (non-hydrogen) atoms. The van der Waals surface area contributed by atoms with Crippen molar-refractivity contribution in [1.29, 1.82) is 0 Å². The lowest BCUT2D eigenvalue weighted by molar-refractivity contribution is 0.0836. The van der Waals surface area contributed by atoms with Gasteiger partial charge in [0.1, 0.15) is 0 Å². The van der Waals surface area contributed by atoms with Gasteiger partial charge in [0.25, 0.3) is 5.91 Å². The zero-order chi connectivity index (χ0) is 24.0. The maximum atomic E-state index is 13.0. The number of aromatic nitrogens is 3. The zero-order valence-corrected chi connectivity index (χ0v) is 20.7. The maximum absolute atomic E-state index is 13.0. The predicted molar refractivity (Wildman–Crippen MR) is 137 cm³/mol. The van der Waals surface area contributed by atoms with E-state index < -0.39 is 0 Å². The molecule has 1 unspecified atom stereocenters. The Morgan fingerprint density at radius 3 is 2.66 bits per heavy atom. The van der Waals surface area contributed by atoms with Gasteiger partial charge in [-0.1, -0.05) is 18.9 Å². The summed E-state index contributed by atoms with van der Waals surface area (Å²) in [6.07, 6.45) is 16.7. The first-order chi connectivity index (χ1) is 17.1. The number of nitrogens with one attached hydrogen (secondary N) is 1. The minimum Gasteiger partial charge on any atom is -0.377 e. The van der Waals surface area contributed by atoms with E-state index in [4.69, 9.17) is 0 Å². The van der Waals surface area contributed by atoms with Crippen LogP contribution in [-0.4, -0.2) is 94.3 Å². The molecule has 4 heterocycles. The highest BCUT2D eigenvalue weighted by Gasteiger charge is 2.29. The molecule has 1 aliphatic carbocycles. The molecule has 8 heteroatoms. The van der Waals surface area contributed by atoms with Gasteiger partial charge in [-0.3, -0.25) is 9.69 Å². The summed E-state index contributed by atoms with van der Waals surface area (Å²) in [5.41, 5.74) is 2.04. The fraction of sp³-hybridized carbons (Fsp3) is 0.519. The van der Waals surface area contributed by atoms with Crippen LogP contribution in [0.25, 0.3) is 5.82 Å². The van der Waals surface area contributed by atoms with E-state index in [0.717, 1.165) is 52.2 Å². The number of amides is 1. The lowest BCUT2D eigenvalue weighted by Crippen LogP contribution is -2.51. The van der Waals surface area contributed by atoms with Crippen LogP contribution >= 0.6 is 0 Å². The number of carbonyl (C=O) groups excluding carboxylic acids is 1. The fourth-order valence-corrected chi connectivity index (χ4v) is 5.38. The number of carbonyl (C=O) groups is 1. The molecule has 0 spiro atoms. The first kappa shape index (κ1) is 23.8. The summed E-state index contributed by atoms with van der Waals surface area (Å²) in [6.45, 7) is 7.55. The van der Waals surface area contributed by atoms with Crippen molar-refractivity contribution < 1.29 is 4.79 Å². The molecular formula is C27H37N7O. The molecule has 8 nitrogen and oxygen atoms in total. The molecule has 2 aromatic rings. The van der Waals surface area contributed by atoms with Crippen molar-refractivity contribution in [3.8, 4) is 5.82 Å². The molecule has 1 saturated heterocycles. The molecule has 3 aliphatic rings. The minimum atomic E-state index is -0.0225. The van der Waals surface area contributed by atoms with Crippen LogP contribution in [0.2, 0.25) is 0 Å². The van der Waals surface area contributed by atoms with Crippen LogP contribution in [0.5, 0.6) is 0 Å². The van der Waals surface area contributed by atoms with E-state index in [9.17, 15) is 4.79 Å². The van der Waals surface area contributed by atoms with Crippen molar-refractivity contribution in [3.05, 3.63) is 66.3 Å². The van der Waals surface area contributed by atoms with Crippen molar-refractivity contribution in [2.75, 3.05) is 52.9 Å². The van der Waals surface area contributed by atoms with Crippen molar-refractivity contribution in [1.82, 2.24) is 34.8 Å². The summed E-state index contributed by atoms with van der Waals surface area (Å²) in [5.74, 6) is 1.20. The molecule has 1 N–H and O–H groups in total. The quantitative estimate of drug-likeness (QED) is 0.664. The summed E-state index contributed by atoms with van der Waals surface area (Å²) < 4.78 is 1.69. The summed E-state index contributed by atoms with van der Waals surface area (Å²) in [7, 11) is 2.11. The molecule has 2 fully saturated rings. The van der Waals surface area contributed by atoms with Gasteiger partial charge in [0.05, 0.1) is 5.56 Å². The number of hydrogen-bond donors (Lipinski definition) is 1. The van der Waals surface area contributed by atoms with Crippen LogP contribution in [0.15, 0.2) is 60.7 Å². The first-order valence-electron chi connectivity index (χ1n) is 12.9. The van der Waals surface area contributed by atoms with Crippen LogP contribution in [0.1, 0.15) is 36.0 Å². The number of hydrogen-bond acceptors (Lipinski definition) is 6. The highest BCUT2D eigenvalue weighted by atomic mass is 16.1. The third-order valence-electron chi connectivity index (χ3n) is 7.52. The van der Waals surface area contributed by atoms with Crippen LogP contribution in [0, 0.1) is 5.92 Å². The van der Waals surface area contributed by atoms with Crippen molar-refractivity contribution in [2.24, 2.45) is 5.92 Å². The van der Waals surface area contributed by atoms with Gasteiger partial charge in [0.15, 0.2) is 5.82 Å². The lowest BCUT2D eigenvalue weighted by Gasteiger charge is -2.40. The maximum Gasteiger partial charge on any atom is 0.253 e. The van der Waals surface area contributed by atoms with E-state index in [0.29, 0.717) is 17.3 Å². The van der Waals surface area contributed by atoms with Gasteiger partial charge in [-0.25, -0.2) is 9.67 Å². The Labute approximate surface area is 208 Å². The smallest absolute Gasteiger partial charge is 0.253 e. The summed E-state index contributed by atoms with van der Waals surface area (Å²) in [5, 5.41) is 7.53. The molecule has 1 saturated carbocycles. The Hall–Kier alpha value is -2.97. The van der Waals surface area contributed by atoms with Crippen molar-refractivity contribution in [2.45, 2.75) is 31.7 Å². The summed E-state index contributed by atoms with van der Waals surface area (Å²) in [4.78, 5) is 24.8. The fourth-order valence-electron chi connectivity index (χ4n) is 5.38. The number of pyridine rings is 1. The molecule has 1 amide bonds. The number of rotatable bonds is 7. The minimum absolute atomic E-state index is 0.0225. The van der Waals surface area contributed by atoms with E-state index in [-0.39, 0.29) is 11.9 Å². The van der Waals surface area contributed by atoms with E-state index in [2.05, 4.69) is 55.5 Å².